The molecule has 1 rings (SSSR count). The third-order valence-corrected chi connectivity index (χ3v) is 3.95. The van der Waals surface area contributed by atoms with Crippen LogP contribution in [-0.2, 0) is 14.1 Å². The van der Waals surface area contributed by atoms with E-state index in [1.54, 1.807) is 30.3 Å². The van der Waals surface area contributed by atoms with Crippen molar-refractivity contribution < 1.29 is 23.9 Å². The molecule has 116 valence electrons. The maximum absolute atomic E-state index is 11.7. The maximum atomic E-state index is 11.7. The Hall–Kier alpha value is -1.13. The SMILES string of the molecule is COC(=O)/C(=C/c1ccc(Cl)cc1)CCCCP(=O)(O)O. The highest BCUT2D eigenvalue weighted by atomic mass is 35.5. The molecule has 2 N–H and O–H groups in total. The zero-order valence-corrected chi connectivity index (χ0v) is 13.3. The van der Waals surface area contributed by atoms with Gasteiger partial charge in [0.2, 0.25) is 0 Å². The molecule has 0 aromatic heterocycles. The largest absolute Gasteiger partial charge is 0.466 e. The van der Waals surface area contributed by atoms with Crippen molar-refractivity contribution in [3.8, 4) is 0 Å². The summed E-state index contributed by atoms with van der Waals surface area (Å²) in [4.78, 5) is 29.3. The number of carbonyl (C=O) groups excluding carboxylic acids is 1. The first kappa shape index (κ1) is 17.9. The van der Waals surface area contributed by atoms with Gasteiger partial charge in [-0.25, -0.2) is 4.79 Å². The van der Waals surface area contributed by atoms with Crippen LogP contribution >= 0.6 is 19.2 Å². The van der Waals surface area contributed by atoms with Gasteiger partial charge in [0.15, 0.2) is 0 Å². The first-order valence-corrected chi connectivity index (χ1v) is 8.58. The van der Waals surface area contributed by atoms with Crippen molar-refractivity contribution in [3.05, 3.63) is 40.4 Å². The van der Waals surface area contributed by atoms with Crippen molar-refractivity contribution in [1.29, 1.82) is 0 Å². The summed E-state index contributed by atoms with van der Waals surface area (Å²) in [6.45, 7) is 0. The van der Waals surface area contributed by atoms with Gasteiger partial charge in [0.05, 0.1) is 7.11 Å². The number of halogens is 1. The zero-order chi connectivity index (χ0) is 15.9. The Morgan fingerprint density at radius 1 is 1.29 bits per heavy atom. The molecule has 1 aromatic rings. The van der Waals surface area contributed by atoms with Crippen LogP contribution in [0, 0.1) is 0 Å². The van der Waals surface area contributed by atoms with Crippen molar-refractivity contribution in [3.63, 3.8) is 0 Å². The van der Waals surface area contributed by atoms with Gasteiger partial charge in [-0.05, 0) is 43.0 Å². The molecule has 0 aliphatic heterocycles. The summed E-state index contributed by atoms with van der Waals surface area (Å²) in [6, 6.07) is 6.99. The third-order valence-electron chi connectivity index (χ3n) is 2.80. The monoisotopic (exact) mass is 332 g/mol. The Morgan fingerprint density at radius 2 is 1.90 bits per heavy atom. The first-order valence-electron chi connectivity index (χ1n) is 6.41. The summed E-state index contributed by atoms with van der Waals surface area (Å²) in [5.41, 5.74) is 1.28. The number of hydrogen-bond donors (Lipinski definition) is 2. The number of hydrogen-bond acceptors (Lipinski definition) is 3. The molecule has 0 saturated carbocycles. The van der Waals surface area contributed by atoms with Gasteiger partial charge in [-0.2, -0.15) is 0 Å². The standard InChI is InChI=1S/C14H18ClO5P/c1-20-14(16)12(4-2-3-9-21(17,18)19)10-11-5-7-13(15)8-6-11/h5-8,10H,2-4,9H2,1H3,(H2,17,18,19)/b12-10+. The van der Waals surface area contributed by atoms with Crippen LogP contribution in [0.25, 0.3) is 6.08 Å². The van der Waals surface area contributed by atoms with E-state index < -0.39 is 13.6 Å². The van der Waals surface area contributed by atoms with Gasteiger partial charge in [-0.1, -0.05) is 23.7 Å². The Balaban J connectivity index is 2.70. The molecule has 0 bridgehead atoms. The second-order valence-electron chi connectivity index (χ2n) is 4.56. The van der Waals surface area contributed by atoms with Crippen LogP contribution in [0.1, 0.15) is 24.8 Å². The minimum atomic E-state index is -3.98. The van der Waals surface area contributed by atoms with Gasteiger partial charge in [0.25, 0.3) is 0 Å². The molecule has 0 aliphatic rings. The Labute approximate surface area is 128 Å². The minimum absolute atomic E-state index is 0.178. The number of carbonyl (C=O) groups is 1. The van der Waals surface area contributed by atoms with E-state index in [9.17, 15) is 9.36 Å². The molecule has 7 heteroatoms. The Morgan fingerprint density at radius 3 is 2.43 bits per heavy atom. The molecule has 0 aliphatic carbocycles. The number of unbranched alkanes of at least 4 members (excludes halogenated alkanes) is 1. The van der Waals surface area contributed by atoms with E-state index in [1.165, 1.54) is 7.11 Å². The fraction of sp³-hybridized carbons (Fsp3) is 0.357. The number of esters is 1. The van der Waals surface area contributed by atoms with E-state index in [0.29, 0.717) is 29.9 Å². The Kier molecular flexibility index (Phi) is 7.12. The number of rotatable bonds is 7. The van der Waals surface area contributed by atoms with Gasteiger partial charge in [0.1, 0.15) is 0 Å². The van der Waals surface area contributed by atoms with E-state index in [4.69, 9.17) is 26.1 Å². The Bertz CT molecular complexity index is 547. The van der Waals surface area contributed by atoms with Crippen LogP contribution in [-0.4, -0.2) is 29.0 Å². The van der Waals surface area contributed by atoms with Gasteiger partial charge in [0, 0.05) is 16.8 Å². The van der Waals surface area contributed by atoms with E-state index in [0.717, 1.165) is 5.56 Å². The van der Waals surface area contributed by atoms with E-state index >= 15 is 0 Å². The first-order chi connectivity index (χ1) is 9.81. The average molecular weight is 333 g/mol. The molecule has 0 amide bonds. The van der Waals surface area contributed by atoms with Crippen LogP contribution in [0.3, 0.4) is 0 Å². The molecule has 0 saturated heterocycles. The maximum Gasteiger partial charge on any atom is 0.333 e. The minimum Gasteiger partial charge on any atom is -0.466 e. The van der Waals surface area contributed by atoms with E-state index in [-0.39, 0.29) is 6.16 Å². The van der Waals surface area contributed by atoms with Crippen LogP contribution in [0.4, 0.5) is 0 Å². The quantitative estimate of drug-likeness (QED) is 0.346. The van der Waals surface area contributed by atoms with Crippen LogP contribution < -0.4 is 0 Å². The van der Waals surface area contributed by atoms with Gasteiger partial charge in [-0.3, -0.25) is 4.57 Å². The van der Waals surface area contributed by atoms with Crippen molar-refractivity contribution in [2.24, 2.45) is 0 Å². The molecule has 21 heavy (non-hydrogen) atoms. The molecular formula is C14H18ClO5P. The van der Waals surface area contributed by atoms with Crippen LogP contribution in [0.15, 0.2) is 29.8 Å². The molecule has 0 radical (unpaired) electrons. The van der Waals surface area contributed by atoms with Gasteiger partial charge >= 0.3 is 13.6 Å². The van der Waals surface area contributed by atoms with Crippen molar-refractivity contribution in [2.75, 3.05) is 13.3 Å². The summed E-state index contributed by atoms with van der Waals surface area (Å²) in [5, 5.41) is 0.605. The lowest BCUT2D eigenvalue weighted by molar-refractivity contribution is -0.136. The molecule has 0 atom stereocenters. The lowest BCUT2D eigenvalue weighted by Gasteiger charge is -2.07. The summed E-state index contributed by atoms with van der Waals surface area (Å²) >= 11 is 5.80. The van der Waals surface area contributed by atoms with E-state index in [1.807, 2.05) is 0 Å². The smallest absolute Gasteiger partial charge is 0.333 e. The summed E-state index contributed by atoms with van der Waals surface area (Å²) in [7, 11) is -2.68. The van der Waals surface area contributed by atoms with Gasteiger partial charge < -0.3 is 14.5 Å². The van der Waals surface area contributed by atoms with Crippen LogP contribution in [0.5, 0.6) is 0 Å². The molecule has 1 aromatic carbocycles. The molecule has 0 fully saturated rings. The zero-order valence-electron chi connectivity index (χ0n) is 11.7. The highest BCUT2D eigenvalue weighted by Crippen LogP contribution is 2.35. The summed E-state index contributed by atoms with van der Waals surface area (Å²) < 4.78 is 15.5. The topological polar surface area (TPSA) is 83.8 Å². The highest BCUT2D eigenvalue weighted by molar-refractivity contribution is 7.51. The predicted molar refractivity (Wildman–Crippen MR) is 82.2 cm³/mol. The third kappa shape index (κ3) is 7.44. The summed E-state index contributed by atoms with van der Waals surface area (Å²) in [6.07, 6.45) is 2.76. The molecule has 0 spiro atoms. The normalized spacial score (nSPS) is 12.3. The van der Waals surface area contributed by atoms with Crippen molar-refractivity contribution in [2.45, 2.75) is 19.3 Å². The lowest BCUT2D eigenvalue weighted by atomic mass is 10.1. The lowest BCUT2D eigenvalue weighted by Crippen LogP contribution is -2.05. The molecule has 5 nitrogen and oxygen atoms in total. The molecule has 0 heterocycles. The molecule has 0 unspecified atom stereocenters. The number of ether oxygens (including phenoxy) is 1. The predicted octanol–water partition coefficient (Wildman–Crippen LogP) is 3.24. The van der Waals surface area contributed by atoms with Gasteiger partial charge in [-0.15, -0.1) is 0 Å². The number of methoxy groups -OCH3 is 1. The average Bonchev–Trinajstić information content (AvgIpc) is 2.42. The molecular weight excluding hydrogens is 315 g/mol. The van der Waals surface area contributed by atoms with Crippen molar-refractivity contribution >= 4 is 31.2 Å². The van der Waals surface area contributed by atoms with E-state index in [2.05, 4.69) is 0 Å². The summed E-state index contributed by atoms with van der Waals surface area (Å²) in [5.74, 6) is -0.443. The fourth-order valence-corrected chi connectivity index (χ4v) is 2.52. The fourth-order valence-electron chi connectivity index (χ4n) is 1.76. The second kappa shape index (κ2) is 8.35. The number of benzene rings is 1. The van der Waals surface area contributed by atoms with Crippen molar-refractivity contribution in [1.82, 2.24) is 0 Å². The van der Waals surface area contributed by atoms with Crippen LogP contribution in [0.2, 0.25) is 5.02 Å². The second-order valence-corrected chi connectivity index (χ2v) is 6.77. The highest BCUT2D eigenvalue weighted by Gasteiger charge is 2.14.